The molecule has 42 heavy (non-hydrogen) atoms. The van der Waals surface area contributed by atoms with Crippen LogP contribution < -0.4 is 10.1 Å². The van der Waals surface area contributed by atoms with E-state index in [1.807, 2.05) is 36.5 Å². The summed E-state index contributed by atoms with van der Waals surface area (Å²) in [5.74, 6) is 1.70. The van der Waals surface area contributed by atoms with Crippen LogP contribution in [0.15, 0.2) is 85.3 Å². The Morgan fingerprint density at radius 3 is 2.52 bits per heavy atom. The average molecular weight is 567 g/mol. The third-order valence-electron chi connectivity index (χ3n) is 7.98. The second-order valence-corrected chi connectivity index (χ2v) is 11.1. The maximum absolute atomic E-state index is 6.43. The summed E-state index contributed by atoms with van der Waals surface area (Å²) in [4.78, 5) is 17.8. The Bertz CT molecular complexity index is 1440. The number of anilines is 2. The number of hydrogen-bond donors (Lipinski definition) is 1. The van der Waals surface area contributed by atoms with Gasteiger partial charge in [-0.15, -0.1) is 0 Å². The smallest absolute Gasteiger partial charge is 0.227 e. The Kier molecular flexibility index (Phi) is 8.71. The van der Waals surface area contributed by atoms with E-state index < -0.39 is 0 Å². The van der Waals surface area contributed by atoms with E-state index in [0.29, 0.717) is 18.5 Å². The number of pyridine rings is 1. The summed E-state index contributed by atoms with van der Waals surface area (Å²) in [6, 6.07) is 22.6. The molecule has 9 heteroatoms. The van der Waals surface area contributed by atoms with Crippen LogP contribution in [0.25, 0.3) is 11.3 Å². The van der Waals surface area contributed by atoms with Gasteiger partial charge in [-0.05, 0) is 54.9 Å². The van der Waals surface area contributed by atoms with E-state index in [-0.39, 0.29) is 18.4 Å². The van der Waals surface area contributed by atoms with Gasteiger partial charge in [0.1, 0.15) is 24.7 Å². The van der Waals surface area contributed by atoms with Crippen molar-refractivity contribution in [1.82, 2.24) is 24.8 Å². The fourth-order valence-electron chi connectivity index (χ4n) is 5.63. The van der Waals surface area contributed by atoms with Crippen molar-refractivity contribution in [2.75, 3.05) is 45.7 Å². The number of ether oxygens (including phenoxy) is 3. The number of epoxide rings is 1. The molecule has 1 N–H and O–H groups in total. The summed E-state index contributed by atoms with van der Waals surface area (Å²) in [7, 11) is 3.91. The number of nitrogens with one attached hydrogen (secondary N) is 1. The number of fused-ring (bicyclic) bond motifs is 3. The Morgan fingerprint density at radius 2 is 1.76 bits per heavy atom. The molecule has 0 aliphatic carbocycles. The van der Waals surface area contributed by atoms with Crippen molar-refractivity contribution in [3.05, 3.63) is 96.4 Å². The van der Waals surface area contributed by atoms with Gasteiger partial charge in [0.05, 0.1) is 11.8 Å². The maximum atomic E-state index is 6.43. The molecule has 6 rings (SSSR count). The van der Waals surface area contributed by atoms with Gasteiger partial charge in [0, 0.05) is 68.7 Å². The molecule has 2 aromatic heterocycles. The lowest BCUT2D eigenvalue weighted by Gasteiger charge is -2.31. The van der Waals surface area contributed by atoms with Gasteiger partial charge in [-0.25, -0.2) is 9.97 Å². The van der Waals surface area contributed by atoms with Crippen LogP contribution in [-0.2, 0) is 16.0 Å². The summed E-state index contributed by atoms with van der Waals surface area (Å²) in [5, 5.41) is 3.29. The SMILES string of the molecule is CO[C@H]1CN(C)C2OC2c2cc(Nc3ncccn3)ccc2OCCN(Cc2ccc(-c3ccccn3)cc2)C[C@@H]1C. The zero-order valence-corrected chi connectivity index (χ0v) is 24.4. The summed E-state index contributed by atoms with van der Waals surface area (Å²) in [5.41, 5.74) is 5.27. The molecule has 4 aromatic rings. The van der Waals surface area contributed by atoms with Crippen LogP contribution in [0.5, 0.6) is 5.75 Å². The van der Waals surface area contributed by atoms with Crippen LogP contribution in [0.2, 0.25) is 0 Å². The van der Waals surface area contributed by atoms with Gasteiger partial charge in [-0.1, -0.05) is 37.3 Å². The highest BCUT2D eigenvalue weighted by molar-refractivity contribution is 5.59. The molecule has 0 saturated carbocycles. The molecular weight excluding hydrogens is 528 g/mol. The standard InChI is InChI=1S/C33H38N6O3/c1-23-20-39(21-24-8-10-25(11-9-24)28-7-4-5-14-34-28)17-18-41-29-13-12-26(37-33-35-15-6-16-36-33)19-27(29)31-32(42-31)38(2)22-30(23)40-3/h4-16,19,23,30-32H,17-18,20-22H2,1-3H3,(H,35,36,37)/t23-,30-,31?,32?/m0/s1. The molecule has 4 heterocycles. The van der Waals surface area contributed by atoms with Crippen molar-refractivity contribution in [1.29, 1.82) is 0 Å². The fourth-order valence-corrected chi connectivity index (χ4v) is 5.63. The second kappa shape index (κ2) is 13.0. The predicted molar refractivity (Wildman–Crippen MR) is 162 cm³/mol. The first-order valence-corrected chi connectivity index (χ1v) is 14.5. The number of likely N-dealkylation sites (N-methyl/N-ethyl adjacent to an activating group) is 1. The predicted octanol–water partition coefficient (Wildman–Crippen LogP) is 5.16. The van der Waals surface area contributed by atoms with Crippen LogP contribution in [-0.4, -0.2) is 77.5 Å². The van der Waals surface area contributed by atoms with Gasteiger partial charge >= 0.3 is 0 Å². The van der Waals surface area contributed by atoms with Crippen LogP contribution in [0, 0.1) is 5.92 Å². The minimum absolute atomic E-state index is 0.0325. The first kappa shape index (κ1) is 28.2. The van der Waals surface area contributed by atoms with Gasteiger partial charge in [0.15, 0.2) is 0 Å². The normalized spacial score (nSPS) is 23.3. The van der Waals surface area contributed by atoms with E-state index in [1.165, 1.54) is 5.56 Å². The molecule has 2 unspecified atom stereocenters. The highest BCUT2D eigenvalue weighted by Crippen LogP contribution is 2.45. The van der Waals surface area contributed by atoms with Gasteiger partial charge < -0.3 is 19.5 Å². The number of rotatable bonds is 6. The molecule has 9 nitrogen and oxygen atoms in total. The lowest BCUT2D eigenvalue weighted by Crippen LogP contribution is -2.41. The summed E-state index contributed by atoms with van der Waals surface area (Å²) < 4.78 is 18.6. The van der Waals surface area contributed by atoms with Gasteiger partial charge in [0.25, 0.3) is 0 Å². The number of hydrogen-bond acceptors (Lipinski definition) is 9. The average Bonchev–Trinajstić information content (AvgIpc) is 3.82. The third-order valence-corrected chi connectivity index (χ3v) is 7.98. The van der Waals surface area contributed by atoms with Crippen LogP contribution in [0.1, 0.15) is 24.2 Å². The van der Waals surface area contributed by atoms with Crippen molar-refractivity contribution < 1.29 is 14.2 Å². The number of aromatic nitrogens is 3. The first-order chi connectivity index (χ1) is 20.6. The van der Waals surface area contributed by atoms with Crippen molar-refractivity contribution in [3.63, 3.8) is 0 Å². The molecule has 0 spiro atoms. The summed E-state index contributed by atoms with van der Waals surface area (Å²) in [6.07, 6.45) is 5.23. The Hall–Kier alpha value is -3.89. The van der Waals surface area contributed by atoms with Gasteiger partial charge in [0.2, 0.25) is 5.95 Å². The molecule has 218 valence electrons. The largest absolute Gasteiger partial charge is 0.492 e. The third kappa shape index (κ3) is 6.77. The zero-order valence-electron chi connectivity index (χ0n) is 24.4. The number of methoxy groups -OCH3 is 1. The minimum Gasteiger partial charge on any atom is -0.492 e. The minimum atomic E-state index is -0.0780. The number of nitrogens with zero attached hydrogens (tertiary/aromatic N) is 5. The molecule has 1 saturated heterocycles. The highest BCUT2D eigenvalue weighted by atomic mass is 16.6. The van der Waals surface area contributed by atoms with Crippen molar-refractivity contribution >= 4 is 11.6 Å². The molecule has 2 aromatic carbocycles. The van der Waals surface area contributed by atoms with E-state index in [0.717, 1.165) is 54.4 Å². The molecule has 0 radical (unpaired) electrons. The molecule has 1 fully saturated rings. The molecule has 0 amide bonds. The first-order valence-electron chi connectivity index (χ1n) is 14.5. The van der Waals surface area contributed by atoms with Gasteiger partial charge in [-0.2, -0.15) is 0 Å². The van der Waals surface area contributed by atoms with E-state index in [1.54, 1.807) is 25.6 Å². The summed E-state index contributed by atoms with van der Waals surface area (Å²) in [6.45, 7) is 6.10. The Labute approximate surface area is 247 Å². The van der Waals surface area contributed by atoms with Crippen LogP contribution >= 0.6 is 0 Å². The highest BCUT2D eigenvalue weighted by Gasteiger charge is 2.46. The quantitative estimate of drug-likeness (QED) is 0.318. The van der Waals surface area contributed by atoms with Crippen molar-refractivity contribution in [3.8, 4) is 17.0 Å². The van der Waals surface area contributed by atoms with Crippen molar-refractivity contribution in [2.45, 2.75) is 31.9 Å². The van der Waals surface area contributed by atoms with E-state index in [2.05, 4.69) is 74.4 Å². The number of benzene rings is 2. The van der Waals surface area contributed by atoms with Crippen LogP contribution in [0.3, 0.4) is 0 Å². The lowest BCUT2D eigenvalue weighted by molar-refractivity contribution is 0.00949. The van der Waals surface area contributed by atoms with E-state index in [4.69, 9.17) is 14.2 Å². The zero-order chi connectivity index (χ0) is 28.9. The van der Waals surface area contributed by atoms with E-state index >= 15 is 0 Å². The molecular formula is C33H38N6O3. The van der Waals surface area contributed by atoms with Crippen LogP contribution in [0.4, 0.5) is 11.6 Å². The lowest BCUT2D eigenvalue weighted by atomic mass is 10.0. The Balaban J connectivity index is 1.21. The topological polar surface area (TPSA) is 88.2 Å². The monoisotopic (exact) mass is 566 g/mol. The van der Waals surface area contributed by atoms with Crippen molar-refractivity contribution in [2.24, 2.45) is 5.92 Å². The molecule has 4 atom stereocenters. The molecule has 2 aliphatic rings. The second-order valence-electron chi connectivity index (χ2n) is 11.1. The summed E-state index contributed by atoms with van der Waals surface area (Å²) >= 11 is 0. The molecule has 2 aliphatic heterocycles. The van der Waals surface area contributed by atoms with Gasteiger partial charge in [-0.3, -0.25) is 14.8 Å². The Morgan fingerprint density at radius 1 is 0.952 bits per heavy atom. The molecule has 0 bridgehead atoms. The fraction of sp³-hybridized carbons (Fsp3) is 0.364. The van der Waals surface area contributed by atoms with E-state index in [9.17, 15) is 0 Å². The maximum Gasteiger partial charge on any atom is 0.227 e.